The summed E-state index contributed by atoms with van der Waals surface area (Å²) in [6.45, 7) is 0. The second-order valence-corrected chi connectivity index (χ2v) is 8.36. The largest absolute Gasteiger partial charge is 0.333 e. The molecule has 3 rings (SSSR count). The van der Waals surface area contributed by atoms with Crippen LogP contribution in [0.4, 0.5) is 0 Å². The standard InChI is InChI=1S/C14H14Br3NO/c15-8-1-4-12(13(17)7-8)14(19)18-10-2-3-11(18)6-9(16)5-10/h1,4,7,9-11H,2-3,5-6H2. The average molecular weight is 452 g/mol. The van der Waals surface area contributed by atoms with Gasteiger partial charge in [0.25, 0.3) is 5.91 Å². The Bertz CT molecular complexity index is 505. The summed E-state index contributed by atoms with van der Waals surface area (Å²) in [7, 11) is 0. The Balaban J connectivity index is 1.88. The van der Waals surface area contributed by atoms with Crippen LogP contribution in [0.2, 0.25) is 0 Å². The monoisotopic (exact) mass is 449 g/mol. The van der Waals surface area contributed by atoms with E-state index in [1.165, 1.54) is 0 Å². The van der Waals surface area contributed by atoms with Crippen LogP contribution in [0.5, 0.6) is 0 Å². The van der Waals surface area contributed by atoms with E-state index in [-0.39, 0.29) is 5.91 Å². The highest BCUT2D eigenvalue weighted by Gasteiger charge is 2.42. The molecule has 0 spiro atoms. The Labute approximate surface area is 138 Å². The summed E-state index contributed by atoms with van der Waals surface area (Å²) >= 11 is 10.6. The number of halogens is 3. The third kappa shape index (κ3) is 2.66. The van der Waals surface area contributed by atoms with Gasteiger partial charge in [-0.15, -0.1) is 0 Å². The summed E-state index contributed by atoms with van der Waals surface area (Å²) in [6.07, 6.45) is 4.45. The second-order valence-electron chi connectivity index (χ2n) is 5.29. The summed E-state index contributed by atoms with van der Waals surface area (Å²) < 4.78 is 1.85. The number of alkyl halides is 1. The normalized spacial score (nSPS) is 29.6. The molecule has 19 heavy (non-hydrogen) atoms. The van der Waals surface area contributed by atoms with E-state index in [1.54, 1.807) is 0 Å². The van der Waals surface area contributed by atoms with Crippen LogP contribution in [0.3, 0.4) is 0 Å². The first-order valence-corrected chi connectivity index (χ1v) is 8.98. The number of fused-ring (bicyclic) bond motifs is 2. The van der Waals surface area contributed by atoms with Gasteiger partial charge in [-0.05, 0) is 59.8 Å². The van der Waals surface area contributed by atoms with Gasteiger partial charge in [-0.1, -0.05) is 31.9 Å². The van der Waals surface area contributed by atoms with Crippen molar-refractivity contribution in [2.45, 2.75) is 42.6 Å². The smallest absolute Gasteiger partial charge is 0.255 e. The zero-order chi connectivity index (χ0) is 13.6. The van der Waals surface area contributed by atoms with E-state index in [0.29, 0.717) is 16.9 Å². The molecule has 0 N–H and O–H groups in total. The highest BCUT2D eigenvalue weighted by atomic mass is 79.9. The van der Waals surface area contributed by atoms with E-state index in [0.717, 1.165) is 40.2 Å². The minimum Gasteiger partial charge on any atom is -0.333 e. The van der Waals surface area contributed by atoms with Gasteiger partial charge in [-0.2, -0.15) is 0 Å². The van der Waals surface area contributed by atoms with E-state index in [2.05, 4.69) is 52.7 Å². The summed E-state index contributed by atoms with van der Waals surface area (Å²) in [6, 6.07) is 6.58. The maximum Gasteiger partial charge on any atom is 0.255 e. The molecule has 2 heterocycles. The van der Waals surface area contributed by atoms with Crippen molar-refractivity contribution in [3.63, 3.8) is 0 Å². The van der Waals surface area contributed by atoms with Crippen molar-refractivity contribution in [2.75, 3.05) is 0 Å². The lowest BCUT2D eigenvalue weighted by atomic mass is 10.0. The van der Waals surface area contributed by atoms with Gasteiger partial charge in [-0.3, -0.25) is 4.79 Å². The lowest BCUT2D eigenvalue weighted by Crippen LogP contribution is -2.46. The molecule has 2 nitrogen and oxygen atoms in total. The van der Waals surface area contributed by atoms with Crippen LogP contribution in [-0.2, 0) is 0 Å². The fraction of sp³-hybridized carbons (Fsp3) is 0.500. The fourth-order valence-electron chi connectivity index (χ4n) is 3.24. The Morgan fingerprint density at radius 1 is 1.16 bits per heavy atom. The maximum atomic E-state index is 12.8. The van der Waals surface area contributed by atoms with Crippen molar-refractivity contribution in [2.24, 2.45) is 0 Å². The minimum atomic E-state index is 0.172. The number of carbonyl (C=O) groups excluding carboxylic acids is 1. The number of amides is 1. The molecule has 5 heteroatoms. The van der Waals surface area contributed by atoms with Crippen molar-refractivity contribution in [1.82, 2.24) is 4.90 Å². The number of carbonyl (C=O) groups is 1. The maximum absolute atomic E-state index is 12.8. The highest BCUT2D eigenvalue weighted by molar-refractivity contribution is 9.11. The predicted octanol–water partition coefficient (Wildman–Crippen LogP) is 4.74. The first kappa shape index (κ1) is 14.1. The first-order valence-electron chi connectivity index (χ1n) is 6.48. The van der Waals surface area contributed by atoms with Gasteiger partial charge in [0.1, 0.15) is 0 Å². The Hall–Kier alpha value is 0.130. The number of rotatable bonds is 1. The molecule has 1 aromatic rings. The highest BCUT2D eigenvalue weighted by Crippen LogP contribution is 2.40. The SMILES string of the molecule is O=C(c1ccc(Br)cc1Br)N1C2CCC1CC(Br)C2. The van der Waals surface area contributed by atoms with E-state index < -0.39 is 0 Å². The van der Waals surface area contributed by atoms with Crippen LogP contribution in [0.15, 0.2) is 27.1 Å². The second kappa shape index (κ2) is 5.49. The minimum absolute atomic E-state index is 0.172. The lowest BCUT2D eigenvalue weighted by Gasteiger charge is -2.37. The summed E-state index contributed by atoms with van der Waals surface area (Å²) in [4.78, 5) is 15.5. The van der Waals surface area contributed by atoms with Crippen molar-refractivity contribution in [3.05, 3.63) is 32.7 Å². The lowest BCUT2D eigenvalue weighted by molar-refractivity contribution is 0.0602. The number of hydrogen-bond acceptors (Lipinski definition) is 1. The Morgan fingerprint density at radius 2 is 1.79 bits per heavy atom. The number of benzene rings is 1. The van der Waals surface area contributed by atoms with Crippen LogP contribution in [0.25, 0.3) is 0 Å². The van der Waals surface area contributed by atoms with E-state index in [1.807, 2.05) is 18.2 Å². The zero-order valence-electron chi connectivity index (χ0n) is 10.3. The number of piperidine rings is 1. The molecule has 2 bridgehead atoms. The third-order valence-corrected chi connectivity index (χ3v) is 5.97. The third-order valence-electron chi connectivity index (χ3n) is 4.07. The van der Waals surface area contributed by atoms with Gasteiger partial charge in [0, 0.05) is 25.9 Å². The van der Waals surface area contributed by atoms with Crippen LogP contribution >= 0.6 is 47.8 Å². The van der Waals surface area contributed by atoms with Gasteiger partial charge >= 0.3 is 0 Å². The first-order chi connectivity index (χ1) is 9.06. The van der Waals surface area contributed by atoms with Crippen molar-refractivity contribution in [1.29, 1.82) is 0 Å². The molecule has 102 valence electrons. The van der Waals surface area contributed by atoms with Gasteiger partial charge in [-0.25, -0.2) is 0 Å². The molecule has 0 saturated carbocycles. The van der Waals surface area contributed by atoms with Crippen LogP contribution in [-0.4, -0.2) is 27.7 Å². The molecule has 2 fully saturated rings. The van der Waals surface area contributed by atoms with Gasteiger partial charge in [0.15, 0.2) is 0 Å². The molecule has 2 atom stereocenters. The summed E-state index contributed by atoms with van der Waals surface area (Å²) in [5.74, 6) is 0.172. The number of nitrogens with zero attached hydrogens (tertiary/aromatic N) is 1. The molecule has 2 saturated heterocycles. The van der Waals surface area contributed by atoms with Crippen LogP contribution in [0, 0.1) is 0 Å². The number of hydrogen-bond donors (Lipinski definition) is 0. The molecule has 0 aromatic heterocycles. The molecule has 2 aliphatic heterocycles. The van der Waals surface area contributed by atoms with E-state index >= 15 is 0 Å². The van der Waals surface area contributed by atoms with Gasteiger partial charge in [0.05, 0.1) is 5.56 Å². The summed E-state index contributed by atoms with van der Waals surface area (Å²) in [5, 5.41) is 0. The molecule has 1 amide bonds. The topological polar surface area (TPSA) is 20.3 Å². The fourth-order valence-corrected chi connectivity index (χ4v) is 5.32. The van der Waals surface area contributed by atoms with Crippen molar-refractivity contribution >= 4 is 53.7 Å². The quantitative estimate of drug-likeness (QED) is 0.565. The summed E-state index contributed by atoms with van der Waals surface area (Å²) in [5.41, 5.74) is 0.771. The van der Waals surface area contributed by atoms with Crippen molar-refractivity contribution in [3.8, 4) is 0 Å². The zero-order valence-corrected chi connectivity index (χ0v) is 15.0. The van der Waals surface area contributed by atoms with Gasteiger partial charge in [0.2, 0.25) is 0 Å². The molecule has 2 unspecified atom stereocenters. The molecular weight excluding hydrogens is 438 g/mol. The molecule has 2 aliphatic rings. The Kier molecular flexibility index (Phi) is 4.07. The molecular formula is C14H14Br3NO. The predicted molar refractivity (Wildman–Crippen MR) is 86.8 cm³/mol. The van der Waals surface area contributed by atoms with Crippen LogP contribution < -0.4 is 0 Å². The van der Waals surface area contributed by atoms with Gasteiger partial charge < -0.3 is 4.90 Å². The molecule has 1 aromatic carbocycles. The van der Waals surface area contributed by atoms with Crippen LogP contribution in [0.1, 0.15) is 36.0 Å². The average Bonchev–Trinajstić information content (AvgIpc) is 2.61. The molecule has 0 aliphatic carbocycles. The van der Waals surface area contributed by atoms with E-state index in [4.69, 9.17) is 0 Å². The molecule has 0 radical (unpaired) electrons. The van der Waals surface area contributed by atoms with E-state index in [9.17, 15) is 4.79 Å². The Morgan fingerprint density at radius 3 is 2.37 bits per heavy atom. The van der Waals surface area contributed by atoms with Crippen molar-refractivity contribution < 1.29 is 4.79 Å².